The summed E-state index contributed by atoms with van der Waals surface area (Å²) in [6.45, 7) is 11.0. The number of rotatable bonds is 2. The smallest absolute Gasteiger partial charge is 0.334 e. The number of ether oxygens (including phenoxy) is 2. The van der Waals surface area contributed by atoms with E-state index in [2.05, 4.69) is 6.58 Å². The molecule has 1 fully saturated rings. The number of aliphatic hydroxyl groups excluding tert-OH is 1. The molecule has 1 saturated heterocycles. The molecule has 4 atom stereocenters. The number of carbonyl (C=O) groups is 2. The molecule has 25 heavy (non-hydrogen) atoms. The van der Waals surface area contributed by atoms with Crippen molar-refractivity contribution in [2.45, 2.75) is 58.8 Å². The van der Waals surface area contributed by atoms with Crippen LogP contribution in [0.4, 0.5) is 0 Å². The molecule has 0 saturated carbocycles. The second-order valence-electron chi connectivity index (χ2n) is 6.75. The number of allylic oxidation sites excluding steroid dienone is 1. The summed E-state index contributed by atoms with van der Waals surface area (Å²) in [5, 5.41) is 10.2. The largest absolute Gasteiger partial charge is 0.458 e. The van der Waals surface area contributed by atoms with Gasteiger partial charge in [-0.1, -0.05) is 24.3 Å². The summed E-state index contributed by atoms with van der Waals surface area (Å²) in [5.41, 5.74) is 2.51. The first kappa shape index (κ1) is 19.2. The molecule has 0 aromatic rings. The molecule has 1 N–H and O–H groups in total. The lowest BCUT2D eigenvalue weighted by molar-refractivity contribution is -0.147. The van der Waals surface area contributed by atoms with E-state index >= 15 is 0 Å². The zero-order chi connectivity index (χ0) is 18.7. The van der Waals surface area contributed by atoms with Crippen molar-refractivity contribution in [1.82, 2.24) is 0 Å². The molecule has 136 valence electrons. The normalized spacial score (nSPS) is 30.8. The van der Waals surface area contributed by atoms with Gasteiger partial charge in [0.25, 0.3) is 0 Å². The third kappa shape index (κ3) is 4.28. The van der Waals surface area contributed by atoms with Crippen LogP contribution in [0.25, 0.3) is 0 Å². The summed E-state index contributed by atoms with van der Waals surface area (Å²) in [6.07, 6.45) is 4.51. The van der Waals surface area contributed by atoms with Gasteiger partial charge in [-0.05, 0) is 45.8 Å². The van der Waals surface area contributed by atoms with Crippen molar-refractivity contribution in [1.29, 1.82) is 0 Å². The van der Waals surface area contributed by atoms with Crippen LogP contribution >= 0.6 is 0 Å². The lowest BCUT2D eigenvalue weighted by Crippen LogP contribution is -2.34. The highest BCUT2D eigenvalue weighted by molar-refractivity contribution is 5.92. The average molecular weight is 346 g/mol. The molecule has 4 unspecified atom stereocenters. The fourth-order valence-corrected chi connectivity index (χ4v) is 3.04. The van der Waals surface area contributed by atoms with Gasteiger partial charge in [-0.2, -0.15) is 0 Å². The van der Waals surface area contributed by atoms with Crippen molar-refractivity contribution in [2.24, 2.45) is 5.92 Å². The van der Waals surface area contributed by atoms with E-state index in [1.165, 1.54) is 0 Å². The summed E-state index contributed by atoms with van der Waals surface area (Å²) >= 11 is 0. The second-order valence-corrected chi connectivity index (χ2v) is 6.75. The van der Waals surface area contributed by atoms with Crippen molar-refractivity contribution in [3.8, 4) is 0 Å². The van der Waals surface area contributed by atoms with E-state index < -0.39 is 36.2 Å². The molecule has 5 nitrogen and oxygen atoms in total. The fourth-order valence-electron chi connectivity index (χ4n) is 3.04. The van der Waals surface area contributed by atoms with E-state index in [0.717, 1.165) is 11.1 Å². The molecular weight excluding hydrogens is 320 g/mol. The number of hydrogen-bond acceptors (Lipinski definition) is 5. The van der Waals surface area contributed by atoms with Gasteiger partial charge in [0.15, 0.2) is 0 Å². The van der Waals surface area contributed by atoms with Gasteiger partial charge in [-0.15, -0.1) is 0 Å². The maximum absolute atomic E-state index is 12.3. The zero-order valence-electron chi connectivity index (χ0n) is 15.2. The van der Waals surface area contributed by atoms with E-state index in [1.807, 2.05) is 13.0 Å². The fraction of sp³-hybridized carbons (Fsp3) is 0.500. The summed E-state index contributed by atoms with van der Waals surface area (Å²) in [7, 11) is 0. The van der Waals surface area contributed by atoms with Crippen LogP contribution in [-0.4, -0.2) is 35.4 Å². The van der Waals surface area contributed by atoms with Crippen LogP contribution in [0.15, 0.2) is 47.1 Å². The van der Waals surface area contributed by atoms with Crippen LogP contribution in [0.5, 0.6) is 0 Å². The van der Waals surface area contributed by atoms with Crippen molar-refractivity contribution in [3.63, 3.8) is 0 Å². The molecule has 1 aliphatic carbocycles. The van der Waals surface area contributed by atoms with Crippen LogP contribution in [0, 0.1) is 5.92 Å². The van der Waals surface area contributed by atoms with Gasteiger partial charge in [0.1, 0.15) is 12.2 Å². The highest BCUT2D eigenvalue weighted by Gasteiger charge is 2.44. The first-order valence-electron chi connectivity index (χ1n) is 8.50. The topological polar surface area (TPSA) is 72.8 Å². The number of carbonyl (C=O) groups excluding carboxylic acids is 2. The Morgan fingerprint density at radius 3 is 2.76 bits per heavy atom. The lowest BCUT2D eigenvalue weighted by Gasteiger charge is -2.28. The molecule has 0 spiro atoms. The Hall–Kier alpha value is -2.14. The van der Waals surface area contributed by atoms with Crippen LogP contribution in [-0.2, 0) is 19.1 Å². The summed E-state index contributed by atoms with van der Waals surface area (Å²) < 4.78 is 11.1. The molecule has 1 heterocycles. The highest BCUT2D eigenvalue weighted by atomic mass is 16.6. The molecule has 0 radical (unpaired) electrons. The molecular formula is C20H26O5. The first-order valence-corrected chi connectivity index (χ1v) is 8.50. The SMILES string of the molecule is C=C1C(=O)OC2C=C(C)C(O)CC=C(C)CC(OC(=O)/C(C)=C\C)C12. The van der Waals surface area contributed by atoms with Crippen molar-refractivity contribution >= 4 is 11.9 Å². The molecule has 1 aliphatic heterocycles. The highest BCUT2D eigenvalue weighted by Crippen LogP contribution is 2.36. The van der Waals surface area contributed by atoms with Crippen LogP contribution in [0.2, 0.25) is 0 Å². The Morgan fingerprint density at radius 2 is 2.12 bits per heavy atom. The molecule has 2 aliphatic rings. The standard InChI is InChI=1S/C20H26O5/c1-6-12(3)19(22)24-16-9-11(2)7-8-15(21)13(4)10-17-18(16)14(5)20(23)25-17/h6-7,10,15-18,21H,5,8-9H2,1-4H3/b11-7?,12-6-,13-10?. The van der Waals surface area contributed by atoms with E-state index in [0.29, 0.717) is 24.0 Å². The maximum atomic E-state index is 12.3. The maximum Gasteiger partial charge on any atom is 0.334 e. The molecule has 0 bridgehead atoms. The Kier molecular flexibility index (Phi) is 6.01. The summed E-state index contributed by atoms with van der Waals surface area (Å²) in [6, 6.07) is 0. The third-order valence-corrected chi connectivity index (χ3v) is 4.84. The van der Waals surface area contributed by atoms with E-state index in [4.69, 9.17) is 9.47 Å². The van der Waals surface area contributed by atoms with E-state index in [-0.39, 0.29) is 0 Å². The first-order chi connectivity index (χ1) is 11.7. The van der Waals surface area contributed by atoms with Gasteiger partial charge >= 0.3 is 11.9 Å². The number of esters is 2. The van der Waals surface area contributed by atoms with Gasteiger partial charge in [-0.3, -0.25) is 0 Å². The van der Waals surface area contributed by atoms with E-state index in [1.54, 1.807) is 32.9 Å². The molecule has 0 aromatic carbocycles. The quantitative estimate of drug-likeness (QED) is 0.473. The minimum Gasteiger partial charge on any atom is -0.458 e. The van der Waals surface area contributed by atoms with Gasteiger partial charge in [0, 0.05) is 17.6 Å². The number of hydrogen-bond donors (Lipinski definition) is 1. The molecule has 2 rings (SSSR count). The van der Waals surface area contributed by atoms with Gasteiger partial charge < -0.3 is 14.6 Å². The predicted molar refractivity (Wildman–Crippen MR) is 94.6 cm³/mol. The Labute approximate surface area is 148 Å². The summed E-state index contributed by atoms with van der Waals surface area (Å²) in [4.78, 5) is 24.3. The van der Waals surface area contributed by atoms with E-state index in [9.17, 15) is 14.7 Å². The molecule has 0 amide bonds. The van der Waals surface area contributed by atoms with Gasteiger partial charge in [0.05, 0.1) is 12.0 Å². The Bertz CT molecular complexity index is 668. The van der Waals surface area contributed by atoms with Crippen LogP contribution in [0.3, 0.4) is 0 Å². The minimum absolute atomic E-state index is 0.299. The lowest BCUT2D eigenvalue weighted by atomic mass is 9.85. The summed E-state index contributed by atoms with van der Waals surface area (Å²) in [5.74, 6) is -1.37. The Morgan fingerprint density at radius 1 is 1.44 bits per heavy atom. The van der Waals surface area contributed by atoms with Crippen molar-refractivity contribution in [3.05, 3.63) is 47.1 Å². The van der Waals surface area contributed by atoms with Gasteiger partial charge in [0.2, 0.25) is 0 Å². The molecule has 0 aromatic heterocycles. The number of aliphatic hydroxyl groups is 1. The zero-order valence-corrected chi connectivity index (χ0v) is 15.2. The van der Waals surface area contributed by atoms with Crippen molar-refractivity contribution in [2.75, 3.05) is 0 Å². The van der Waals surface area contributed by atoms with Crippen LogP contribution in [0.1, 0.15) is 40.5 Å². The molecule has 5 heteroatoms. The minimum atomic E-state index is -0.632. The Balaban J connectivity index is 2.42. The third-order valence-electron chi connectivity index (χ3n) is 4.84. The van der Waals surface area contributed by atoms with Crippen molar-refractivity contribution < 1.29 is 24.2 Å². The number of fused-ring (bicyclic) bond motifs is 1. The monoisotopic (exact) mass is 346 g/mol. The van der Waals surface area contributed by atoms with Gasteiger partial charge in [-0.25, -0.2) is 9.59 Å². The van der Waals surface area contributed by atoms with Crippen LogP contribution < -0.4 is 0 Å². The second kappa shape index (κ2) is 7.83. The average Bonchev–Trinajstić information content (AvgIpc) is 2.84. The predicted octanol–water partition coefficient (Wildman–Crippen LogP) is 3.01.